The highest BCUT2D eigenvalue weighted by Gasteiger charge is 2.23. The van der Waals surface area contributed by atoms with Gasteiger partial charge in [0.1, 0.15) is 11.9 Å². The van der Waals surface area contributed by atoms with Crippen molar-refractivity contribution in [3.05, 3.63) is 38.8 Å². The Bertz CT molecular complexity index is 750. The molecule has 2 aromatic rings. The second-order valence-corrected chi connectivity index (χ2v) is 6.08. The molecular weight excluding hydrogens is 368 g/mol. The van der Waals surface area contributed by atoms with E-state index in [2.05, 4.69) is 31.2 Å². The predicted molar refractivity (Wildman–Crippen MR) is 89.0 cm³/mol. The van der Waals surface area contributed by atoms with E-state index >= 15 is 0 Å². The molecule has 116 valence electrons. The summed E-state index contributed by atoms with van der Waals surface area (Å²) in [5.74, 6) is 1.49. The highest BCUT2D eigenvalue weighted by Crippen LogP contribution is 2.27. The van der Waals surface area contributed by atoms with Crippen molar-refractivity contribution in [1.29, 1.82) is 0 Å². The lowest BCUT2D eigenvalue weighted by Gasteiger charge is -2.07. The summed E-state index contributed by atoms with van der Waals surface area (Å²) in [6.07, 6.45) is 3.64. The first kappa shape index (κ1) is 15.4. The molecule has 1 aromatic heterocycles. The predicted octanol–water partition coefficient (Wildman–Crippen LogP) is 3.45. The van der Waals surface area contributed by atoms with Gasteiger partial charge in [0.15, 0.2) is 5.82 Å². The van der Waals surface area contributed by atoms with Gasteiger partial charge in [-0.2, -0.15) is 14.9 Å². The molecular formula is C14H15BrN4O2S. The molecule has 0 amide bonds. The average molecular weight is 383 g/mol. The maximum atomic E-state index is 5.65. The quantitative estimate of drug-likeness (QED) is 0.649. The molecule has 0 spiro atoms. The van der Waals surface area contributed by atoms with Gasteiger partial charge in [-0.25, -0.2) is 0 Å². The van der Waals surface area contributed by atoms with Crippen LogP contribution in [0.5, 0.6) is 5.75 Å². The van der Waals surface area contributed by atoms with Gasteiger partial charge in [-0.15, -0.1) is 0 Å². The van der Waals surface area contributed by atoms with Gasteiger partial charge in [-0.1, -0.05) is 0 Å². The Hall–Kier alpha value is -1.51. The van der Waals surface area contributed by atoms with Crippen LogP contribution in [0.2, 0.25) is 0 Å². The van der Waals surface area contributed by atoms with Crippen LogP contribution < -0.4 is 4.74 Å². The van der Waals surface area contributed by atoms with E-state index < -0.39 is 0 Å². The van der Waals surface area contributed by atoms with Crippen LogP contribution in [0.1, 0.15) is 30.3 Å². The lowest BCUT2D eigenvalue weighted by molar-refractivity contribution is 0.102. The molecule has 0 bridgehead atoms. The number of aromatic amines is 1. The molecule has 1 aliphatic rings. The number of aromatic nitrogens is 3. The second-order valence-electron chi connectivity index (χ2n) is 4.84. The maximum absolute atomic E-state index is 5.65. The molecule has 0 saturated carbocycles. The molecule has 6 nitrogen and oxygen atoms in total. The van der Waals surface area contributed by atoms with Crippen molar-refractivity contribution in [3.8, 4) is 5.75 Å². The monoisotopic (exact) mass is 382 g/mol. The Kier molecular flexibility index (Phi) is 4.70. The first-order valence-electron chi connectivity index (χ1n) is 6.86. The zero-order chi connectivity index (χ0) is 15.5. The Morgan fingerprint density at radius 1 is 1.59 bits per heavy atom. The van der Waals surface area contributed by atoms with Crippen molar-refractivity contribution in [2.75, 3.05) is 13.7 Å². The molecule has 0 aliphatic carbocycles. The molecule has 1 aromatic carbocycles. The number of nitrogens with zero attached hydrogens (tertiary/aromatic N) is 3. The van der Waals surface area contributed by atoms with E-state index in [0.29, 0.717) is 10.6 Å². The van der Waals surface area contributed by atoms with Gasteiger partial charge >= 0.3 is 0 Å². The zero-order valence-electron chi connectivity index (χ0n) is 12.0. The van der Waals surface area contributed by atoms with Gasteiger partial charge in [-0.05, 0) is 64.8 Å². The van der Waals surface area contributed by atoms with E-state index in [1.807, 2.05) is 18.2 Å². The first-order valence-corrected chi connectivity index (χ1v) is 8.06. The molecule has 1 fully saturated rings. The zero-order valence-corrected chi connectivity index (χ0v) is 14.4. The summed E-state index contributed by atoms with van der Waals surface area (Å²) in [7, 11) is 1.63. The average Bonchev–Trinajstić information content (AvgIpc) is 3.15. The van der Waals surface area contributed by atoms with Gasteiger partial charge in [0.05, 0.1) is 17.8 Å². The summed E-state index contributed by atoms with van der Waals surface area (Å²) >= 11 is 8.69. The minimum Gasteiger partial charge on any atom is -0.496 e. The SMILES string of the molecule is COc1ccc(/C=N\n2c([C@@H]3CCCO3)n[nH]c2=S)cc1Br. The van der Waals surface area contributed by atoms with Crippen molar-refractivity contribution >= 4 is 34.4 Å². The molecule has 1 atom stereocenters. The van der Waals surface area contributed by atoms with E-state index in [9.17, 15) is 0 Å². The highest BCUT2D eigenvalue weighted by molar-refractivity contribution is 9.10. The molecule has 1 saturated heterocycles. The molecule has 1 N–H and O–H groups in total. The van der Waals surface area contributed by atoms with Crippen LogP contribution in [0.4, 0.5) is 0 Å². The summed E-state index contributed by atoms with van der Waals surface area (Å²) < 4.78 is 13.8. The Balaban J connectivity index is 1.88. The van der Waals surface area contributed by atoms with Crippen molar-refractivity contribution in [2.45, 2.75) is 18.9 Å². The minimum atomic E-state index is -0.0484. The summed E-state index contributed by atoms with van der Waals surface area (Å²) in [5, 5.41) is 11.4. The number of hydrogen-bond acceptors (Lipinski definition) is 5. The number of benzene rings is 1. The van der Waals surface area contributed by atoms with E-state index in [1.165, 1.54) is 0 Å². The molecule has 8 heteroatoms. The van der Waals surface area contributed by atoms with Crippen molar-refractivity contribution < 1.29 is 9.47 Å². The van der Waals surface area contributed by atoms with Crippen LogP contribution in [0.15, 0.2) is 27.8 Å². The van der Waals surface area contributed by atoms with Gasteiger partial charge in [0, 0.05) is 6.61 Å². The normalized spacial score (nSPS) is 18.2. The summed E-state index contributed by atoms with van der Waals surface area (Å²) in [6.45, 7) is 0.749. The van der Waals surface area contributed by atoms with Crippen molar-refractivity contribution in [1.82, 2.24) is 14.9 Å². The van der Waals surface area contributed by atoms with Crippen LogP contribution >= 0.6 is 28.1 Å². The molecule has 0 unspecified atom stereocenters. The molecule has 1 aliphatic heterocycles. The molecule has 0 radical (unpaired) electrons. The third kappa shape index (κ3) is 3.13. The van der Waals surface area contributed by atoms with Crippen LogP contribution in [0.3, 0.4) is 0 Å². The van der Waals surface area contributed by atoms with Gasteiger partial charge in [-0.3, -0.25) is 5.10 Å². The summed E-state index contributed by atoms with van der Waals surface area (Å²) in [6, 6.07) is 5.72. The fourth-order valence-electron chi connectivity index (χ4n) is 2.29. The van der Waals surface area contributed by atoms with Crippen LogP contribution in [-0.2, 0) is 4.74 Å². The van der Waals surface area contributed by atoms with Crippen molar-refractivity contribution in [3.63, 3.8) is 0 Å². The Morgan fingerprint density at radius 3 is 3.14 bits per heavy atom. The number of nitrogens with one attached hydrogen (secondary N) is 1. The van der Waals surface area contributed by atoms with Crippen LogP contribution in [0, 0.1) is 4.77 Å². The number of rotatable bonds is 4. The maximum Gasteiger partial charge on any atom is 0.216 e. The van der Waals surface area contributed by atoms with Crippen molar-refractivity contribution in [2.24, 2.45) is 5.10 Å². The minimum absolute atomic E-state index is 0.0484. The van der Waals surface area contributed by atoms with E-state index in [1.54, 1.807) is 18.0 Å². The van der Waals surface area contributed by atoms with Gasteiger partial charge < -0.3 is 9.47 Å². The lowest BCUT2D eigenvalue weighted by Crippen LogP contribution is -2.05. The summed E-state index contributed by atoms with van der Waals surface area (Å²) in [5.41, 5.74) is 0.925. The molecule has 22 heavy (non-hydrogen) atoms. The third-order valence-corrected chi connectivity index (χ3v) is 4.28. The van der Waals surface area contributed by atoms with Crippen LogP contribution in [-0.4, -0.2) is 34.8 Å². The smallest absolute Gasteiger partial charge is 0.216 e. The fourth-order valence-corrected chi connectivity index (χ4v) is 3.04. The molecule has 3 rings (SSSR count). The Labute approximate surface area is 141 Å². The second kappa shape index (κ2) is 6.72. The summed E-state index contributed by atoms with van der Waals surface area (Å²) in [4.78, 5) is 0. The number of halogens is 1. The van der Waals surface area contributed by atoms with Crippen LogP contribution in [0.25, 0.3) is 0 Å². The molecule has 2 heterocycles. The van der Waals surface area contributed by atoms with Gasteiger partial charge in [0.25, 0.3) is 0 Å². The number of hydrogen-bond donors (Lipinski definition) is 1. The third-order valence-electron chi connectivity index (χ3n) is 3.39. The van der Waals surface area contributed by atoms with E-state index in [4.69, 9.17) is 21.7 Å². The van der Waals surface area contributed by atoms with E-state index in [-0.39, 0.29) is 6.10 Å². The number of methoxy groups -OCH3 is 1. The highest BCUT2D eigenvalue weighted by atomic mass is 79.9. The standard InChI is InChI=1S/C14H15BrN4O2S/c1-20-11-5-4-9(7-10(11)15)8-16-19-13(17-18-14(19)22)12-3-2-6-21-12/h4-5,7-8,12H,2-3,6H2,1H3,(H,18,22)/b16-8-/t12-/m0/s1. The topological polar surface area (TPSA) is 64.4 Å². The van der Waals surface area contributed by atoms with E-state index in [0.717, 1.165) is 35.2 Å². The largest absolute Gasteiger partial charge is 0.496 e. The Morgan fingerprint density at radius 2 is 2.45 bits per heavy atom. The lowest BCUT2D eigenvalue weighted by atomic mass is 10.2. The fraction of sp³-hybridized carbons (Fsp3) is 0.357. The van der Waals surface area contributed by atoms with Gasteiger partial charge in [0.2, 0.25) is 4.77 Å². The first-order chi connectivity index (χ1) is 10.7. The number of H-pyrrole nitrogens is 1. The number of ether oxygens (including phenoxy) is 2.